The molecule has 3 heteroatoms. The molecule has 0 aromatic heterocycles. The van der Waals surface area contributed by atoms with Crippen LogP contribution >= 0.6 is 0 Å². The summed E-state index contributed by atoms with van der Waals surface area (Å²) in [6, 6.07) is 31.3. The number of carbonyl (C=O) groups is 1. The van der Waals surface area contributed by atoms with E-state index >= 15 is 0 Å². The van der Waals surface area contributed by atoms with Crippen LogP contribution in [0.15, 0.2) is 102 Å². The highest BCUT2D eigenvalue weighted by Gasteiger charge is 2.37. The summed E-state index contributed by atoms with van der Waals surface area (Å²) < 4.78 is 0. The van der Waals surface area contributed by atoms with Crippen molar-refractivity contribution in [1.29, 1.82) is 0 Å². The maximum Gasteiger partial charge on any atom is 0.303 e. The van der Waals surface area contributed by atoms with Gasteiger partial charge in [0, 0.05) is 5.70 Å². The van der Waals surface area contributed by atoms with Gasteiger partial charge in [0.25, 0.3) is 0 Å². The van der Waals surface area contributed by atoms with Crippen LogP contribution in [0.4, 0.5) is 0 Å². The van der Waals surface area contributed by atoms with Gasteiger partial charge in [0.05, 0.1) is 6.42 Å². The number of rotatable bonds is 8. The fourth-order valence-corrected chi connectivity index (χ4v) is 4.22. The lowest BCUT2D eigenvalue weighted by molar-refractivity contribution is -0.137. The number of nitrogens with one attached hydrogen (secondary N) is 1. The van der Waals surface area contributed by atoms with Crippen molar-refractivity contribution in [2.24, 2.45) is 0 Å². The predicted molar refractivity (Wildman–Crippen MR) is 120 cm³/mol. The minimum Gasteiger partial charge on any atom is -0.481 e. The van der Waals surface area contributed by atoms with Gasteiger partial charge >= 0.3 is 5.97 Å². The van der Waals surface area contributed by atoms with E-state index in [4.69, 9.17) is 0 Å². The van der Waals surface area contributed by atoms with E-state index in [9.17, 15) is 9.90 Å². The molecule has 3 aromatic carbocycles. The normalized spacial score (nSPS) is 13.4. The topological polar surface area (TPSA) is 49.3 Å². The lowest BCUT2D eigenvalue weighted by Gasteiger charge is -2.40. The van der Waals surface area contributed by atoms with Gasteiger partial charge in [0.1, 0.15) is 5.54 Å². The zero-order chi connectivity index (χ0) is 20.8. The second kappa shape index (κ2) is 9.00. The van der Waals surface area contributed by atoms with Crippen molar-refractivity contribution >= 4 is 5.97 Å². The number of allylic oxidation sites excluding steroid dienone is 2. The molecular formula is C27H27NO2. The van der Waals surface area contributed by atoms with E-state index in [1.165, 1.54) is 12.0 Å². The molecule has 3 nitrogen and oxygen atoms in total. The van der Waals surface area contributed by atoms with E-state index in [-0.39, 0.29) is 6.42 Å². The SMILES string of the molecule is O=C(O)CCC(NC(c1ccccc1)(c1ccccc1)c1ccccc1)=C1CCC1. The van der Waals surface area contributed by atoms with Crippen LogP contribution < -0.4 is 5.32 Å². The monoisotopic (exact) mass is 397 g/mol. The molecule has 4 rings (SSSR count). The smallest absolute Gasteiger partial charge is 0.303 e. The Morgan fingerprint density at radius 2 is 1.17 bits per heavy atom. The molecule has 0 spiro atoms. The van der Waals surface area contributed by atoms with Gasteiger partial charge in [0.2, 0.25) is 0 Å². The molecule has 152 valence electrons. The lowest BCUT2D eigenvalue weighted by atomic mass is 9.76. The quantitative estimate of drug-likeness (QED) is 0.467. The first-order valence-electron chi connectivity index (χ1n) is 10.6. The molecule has 0 atom stereocenters. The highest BCUT2D eigenvalue weighted by atomic mass is 16.4. The zero-order valence-electron chi connectivity index (χ0n) is 17.1. The van der Waals surface area contributed by atoms with Crippen LogP contribution in [-0.4, -0.2) is 11.1 Å². The highest BCUT2D eigenvalue weighted by molar-refractivity contribution is 5.67. The van der Waals surface area contributed by atoms with Gasteiger partial charge in [-0.1, -0.05) is 96.6 Å². The number of hydrogen-bond donors (Lipinski definition) is 2. The van der Waals surface area contributed by atoms with Crippen molar-refractivity contribution in [3.8, 4) is 0 Å². The van der Waals surface area contributed by atoms with Crippen LogP contribution in [0.2, 0.25) is 0 Å². The number of carboxylic acid groups (broad SMARTS) is 1. The van der Waals surface area contributed by atoms with Crippen molar-refractivity contribution in [2.75, 3.05) is 0 Å². The maximum absolute atomic E-state index is 11.4. The van der Waals surface area contributed by atoms with Gasteiger partial charge in [-0.2, -0.15) is 0 Å². The Morgan fingerprint density at radius 1 is 0.733 bits per heavy atom. The van der Waals surface area contributed by atoms with Gasteiger partial charge < -0.3 is 10.4 Å². The summed E-state index contributed by atoms with van der Waals surface area (Å²) in [5.41, 5.74) is 5.23. The van der Waals surface area contributed by atoms with E-state index < -0.39 is 11.5 Å². The molecule has 0 aliphatic heterocycles. The summed E-state index contributed by atoms with van der Waals surface area (Å²) in [5.74, 6) is -0.765. The summed E-state index contributed by atoms with van der Waals surface area (Å²) in [7, 11) is 0. The highest BCUT2D eigenvalue weighted by Crippen LogP contribution is 2.40. The van der Waals surface area contributed by atoms with Crippen LogP contribution in [0.1, 0.15) is 48.8 Å². The average molecular weight is 398 g/mol. The second-order valence-electron chi connectivity index (χ2n) is 7.80. The number of carboxylic acids is 1. The largest absolute Gasteiger partial charge is 0.481 e. The van der Waals surface area contributed by atoms with E-state index in [1.54, 1.807) is 0 Å². The molecule has 0 amide bonds. The summed E-state index contributed by atoms with van der Waals surface area (Å²) in [5, 5.41) is 13.2. The summed E-state index contributed by atoms with van der Waals surface area (Å²) >= 11 is 0. The Hall–Kier alpha value is -3.33. The first kappa shape index (κ1) is 20.0. The molecule has 0 bridgehead atoms. The molecule has 0 heterocycles. The molecule has 0 unspecified atom stereocenters. The van der Waals surface area contributed by atoms with Crippen LogP contribution in [-0.2, 0) is 10.3 Å². The summed E-state index contributed by atoms with van der Waals surface area (Å²) in [6.45, 7) is 0. The third-order valence-corrected chi connectivity index (χ3v) is 5.93. The molecule has 1 aliphatic carbocycles. The average Bonchev–Trinajstić information content (AvgIpc) is 2.76. The minimum atomic E-state index is -0.765. The van der Waals surface area contributed by atoms with Gasteiger partial charge in [-0.05, 0) is 42.4 Å². The summed E-state index contributed by atoms with van der Waals surface area (Å²) in [6.07, 6.45) is 3.88. The predicted octanol–water partition coefficient (Wildman–Crippen LogP) is 5.87. The van der Waals surface area contributed by atoms with Crippen LogP contribution in [0.5, 0.6) is 0 Å². The van der Waals surface area contributed by atoms with E-state index in [2.05, 4.69) is 78.1 Å². The van der Waals surface area contributed by atoms with Crippen LogP contribution in [0.25, 0.3) is 0 Å². The maximum atomic E-state index is 11.4. The van der Waals surface area contributed by atoms with Crippen molar-refractivity contribution < 1.29 is 9.90 Å². The van der Waals surface area contributed by atoms with Crippen molar-refractivity contribution in [3.05, 3.63) is 119 Å². The van der Waals surface area contributed by atoms with Crippen molar-refractivity contribution in [2.45, 2.75) is 37.6 Å². The molecule has 3 aromatic rings. The van der Waals surface area contributed by atoms with Gasteiger partial charge in [0.15, 0.2) is 0 Å². The molecular weight excluding hydrogens is 370 g/mol. The molecule has 2 N–H and O–H groups in total. The Balaban J connectivity index is 1.91. The molecule has 0 radical (unpaired) electrons. The number of aliphatic carboxylic acids is 1. The van der Waals surface area contributed by atoms with Gasteiger partial charge in [-0.3, -0.25) is 4.79 Å². The van der Waals surface area contributed by atoms with Crippen LogP contribution in [0.3, 0.4) is 0 Å². The molecule has 1 aliphatic rings. The first-order valence-corrected chi connectivity index (χ1v) is 10.6. The van der Waals surface area contributed by atoms with E-state index in [1.807, 2.05) is 18.2 Å². The third kappa shape index (κ3) is 4.02. The van der Waals surface area contributed by atoms with Gasteiger partial charge in [-0.15, -0.1) is 0 Å². The third-order valence-electron chi connectivity index (χ3n) is 5.93. The van der Waals surface area contributed by atoms with Crippen molar-refractivity contribution in [1.82, 2.24) is 5.32 Å². The number of hydrogen-bond acceptors (Lipinski definition) is 2. The molecule has 0 saturated heterocycles. The zero-order valence-corrected chi connectivity index (χ0v) is 17.1. The summed E-state index contributed by atoms with van der Waals surface area (Å²) in [4.78, 5) is 11.4. The molecule has 30 heavy (non-hydrogen) atoms. The minimum absolute atomic E-state index is 0.125. The second-order valence-corrected chi connectivity index (χ2v) is 7.80. The molecule has 1 fully saturated rings. The Morgan fingerprint density at radius 3 is 1.50 bits per heavy atom. The van der Waals surface area contributed by atoms with Crippen LogP contribution in [0, 0.1) is 0 Å². The first-order chi connectivity index (χ1) is 14.7. The lowest BCUT2D eigenvalue weighted by Crippen LogP contribution is -2.45. The van der Waals surface area contributed by atoms with E-state index in [0.29, 0.717) is 6.42 Å². The van der Waals surface area contributed by atoms with Gasteiger partial charge in [-0.25, -0.2) is 0 Å². The Kier molecular flexibility index (Phi) is 5.99. The fourth-order valence-electron chi connectivity index (χ4n) is 4.22. The van der Waals surface area contributed by atoms with Crippen molar-refractivity contribution in [3.63, 3.8) is 0 Å². The Labute approximate surface area is 178 Å². The standard InChI is InChI=1S/C27H27NO2/c29-26(30)20-19-25(21-11-10-12-21)28-27(22-13-4-1-5-14-22,23-15-6-2-7-16-23)24-17-8-3-9-18-24/h1-9,13-18,28H,10-12,19-20H2,(H,29,30). The fraction of sp³-hybridized carbons (Fsp3) is 0.222. The number of benzene rings is 3. The Bertz CT molecular complexity index is 908. The van der Waals surface area contributed by atoms with E-state index in [0.717, 1.165) is 35.2 Å². The molecule has 1 saturated carbocycles.